The number of sulfonamides is 1. The van der Waals surface area contributed by atoms with Gasteiger partial charge in [0.15, 0.2) is 11.7 Å². The number of pyridine rings is 1. The first-order valence-corrected chi connectivity index (χ1v) is 10.1. The largest absolute Gasteiger partial charge is 0.292 e. The van der Waals surface area contributed by atoms with Gasteiger partial charge in [-0.1, -0.05) is 17.7 Å². The lowest BCUT2D eigenvalue weighted by Crippen LogP contribution is -2.16. The van der Waals surface area contributed by atoms with E-state index in [0.29, 0.717) is 0 Å². The SMILES string of the molecule is N#C[C@@H](C(=O)c1ccc(Cl)c(S(=O)(=O)Nc2ccc(F)cc2)c1)c1ccccn1. The van der Waals surface area contributed by atoms with Crippen LogP contribution in [-0.2, 0) is 10.0 Å². The summed E-state index contributed by atoms with van der Waals surface area (Å²) in [5.41, 5.74) is 0.373. The Morgan fingerprint density at radius 1 is 1.14 bits per heavy atom. The van der Waals surface area contributed by atoms with E-state index in [-0.39, 0.29) is 26.9 Å². The number of aromatic nitrogens is 1. The molecule has 1 aromatic heterocycles. The van der Waals surface area contributed by atoms with Crippen LogP contribution >= 0.6 is 11.6 Å². The van der Waals surface area contributed by atoms with Crippen LogP contribution in [0.1, 0.15) is 22.0 Å². The minimum atomic E-state index is -4.17. The number of carbonyl (C=O) groups excluding carboxylic acids is 1. The standard InChI is InChI=1S/C20H13ClFN3O3S/c21-17-9-4-13(20(26)16(12-23)18-3-1-2-10-24-18)11-19(17)29(27,28)25-15-7-5-14(22)6-8-15/h1-11,16,25H/t16-/m1/s1. The summed E-state index contributed by atoms with van der Waals surface area (Å²) in [7, 11) is -4.17. The van der Waals surface area contributed by atoms with Crippen molar-refractivity contribution < 1.29 is 17.6 Å². The van der Waals surface area contributed by atoms with Crippen molar-refractivity contribution in [1.29, 1.82) is 5.26 Å². The molecule has 0 saturated heterocycles. The summed E-state index contributed by atoms with van der Waals surface area (Å²) in [5, 5.41) is 9.31. The minimum absolute atomic E-state index is 0.00826. The van der Waals surface area contributed by atoms with Crippen molar-refractivity contribution in [3.05, 3.63) is 89.0 Å². The molecule has 0 aliphatic carbocycles. The van der Waals surface area contributed by atoms with Crippen LogP contribution in [-0.4, -0.2) is 19.2 Å². The van der Waals surface area contributed by atoms with E-state index in [0.717, 1.165) is 18.2 Å². The first kappa shape index (κ1) is 20.5. The van der Waals surface area contributed by atoms with Crippen LogP contribution in [0.2, 0.25) is 5.02 Å². The third-order valence-electron chi connectivity index (χ3n) is 3.98. The lowest BCUT2D eigenvalue weighted by atomic mass is 9.95. The van der Waals surface area contributed by atoms with E-state index in [9.17, 15) is 22.9 Å². The van der Waals surface area contributed by atoms with E-state index >= 15 is 0 Å². The number of anilines is 1. The number of Topliss-reactive ketones (excluding diaryl/α,β-unsaturated/α-hetero) is 1. The molecule has 0 aliphatic rings. The van der Waals surface area contributed by atoms with Gasteiger partial charge in [0.2, 0.25) is 0 Å². The van der Waals surface area contributed by atoms with E-state index in [1.807, 2.05) is 6.07 Å². The van der Waals surface area contributed by atoms with E-state index < -0.39 is 27.5 Å². The summed E-state index contributed by atoms with van der Waals surface area (Å²) < 4.78 is 40.7. The topological polar surface area (TPSA) is 99.9 Å². The van der Waals surface area contributed by atoms with Crippen molar-refractivity contribution >= 4 is 33.1 Å². The number of nitriles is 1. The smallest absolute Gasteiger partial charge is 0.263 e. The molecule has 146 valence electrons. The summed E-state index contributed by atoms with van der Waals surface area (Å²) >= 11 is 6.04. The molecule has 2 aromatic carbocycles. The van der Waals surface area contributed by atoms with Crippen molar-refractivity contribution in [3.8, 4) is 6.07 Å². The van der Waals surface area contributed by atoms with Gasteiger partial charge in [-0.15, -0.1) is 0 Å². The Balaban J connectivity index is 1.96. The quantitative estimate of drug-likeness (QED) is 0.593. The Kier molecular flexibility index (Phi) is 5.92. The van der Waals surface area contributed by atoms with E-state index in [1.54, 1.807) is 12.1 Å². The number of benzene rings is 2. The number of ketones is 1. The lowest BCUT2D eigenvalue weighted by molar-refractivity contribution is 0.0977. The van der Waals surface area contributed by atoms with Crippen molar-refractivity contribution in [2.24, 2.45) is 0 Å². The molecule has 0 unspecified atom stereocenters. The van der Waals surface area contributed by atoms with Gasteiger partial charge >= 0.3 is 0 Å². The van der Waals surface area contributed by atoms with Crippen molar-refractivity contribution in [2.45, 2.75) is 10.8 Å². The molecular weight excluding hydrogens is 417 g/mol. The Bertz CT molecular complexity index is 1190. The number of nitrogens with zero attached hydrogens (tertiary/aromatic N) is 2. The van der Waals surface area contributed by atoms with Gasteiger partial charge in [0, 0.05) is 17.4 Å². The molecule has 0 bridgehead atoms. The summed E-state index contributed by atoms with van der Waals surface area (Å²) in [5.74, 6) is -2.32. The molecule has 1 N–H and O–H groups in total. The third kappa shape index (κ3) is 4.59. The average molecular weight is 430 g/mol. The van der Waals surface area contributed by atoms with E-state index in [2.05, 4.69) is 9.71 Å². The van der Waals surface area contributed by atoms with Crippen LogP contribution in [0.5, 0.6) is 0 Å². The summed E-state index contributed by atoms with van der Waals surface area (Å²) in [6.45, 7) is 0. The fourth-order valence-electron chi connectivity index (χ4n) is 2.56. The zero-order valence-electron chi connectivity index (χ0n) is 14.7. The fourth-order valence-corrected chi connectivity index (χ4v) is 4.15. The average Bonchev–Trinajstić information content (AvgIpc) is 2.71. The van der Waals surface area contributed by atoms with Gasteiger partial charge in [-0.3, -0.25) is 14.5 Å². The Hall–Kier alpha value is -3.28. The highest BCUT2D eigenvalue weighted by Crippen LogP contribution is 2.27. The summed E-state index contributed by atoms with van der Waals surface area (Å²) in [6.07, 6.45) is 1.46. The predicted octanol–water partition coefficient (Wildman–Crippen LogP) is 4.16. The molecule has 6 nitrogen and oxygen atoms in total. The van der Waals surface area contributed by atoms with Gasteiger partial charge in [0.25, 0.3) is 10.0 Å². The number of hydrogen-bond donors (Lipinski definition) is 1. The molecule has 29 heavy (non-hydrogen) atoms. The maximum atomic E-state index is 13.0. The normalized spacial score (nSPS) is 12.0. The lowest BCUT2D eigenvalue weighted by Gasteiger charge is -2.12. The highest BCUT2D eigenvalue weighted by molar-refractivity contribution is 7.92. The van der Waals surface area contributed by atoms with Gasteiger partial charge in [0.1, 0.15) is 10.7 Å². The van der Waals surface area contributed by atoms with Crippen molar-refractivity contribution in [3.63, 3.8) is 0 Å². The van der Waals surface area contributed by atoms with Gasteiger partial charge in [0.05, 0.1) is 16.8 Å². The molecule has 1 atom stereocenters. The molecule has 0 spiro atoms. The molecule has 1 heterocycles. The second-order valence-electron chi connectivity index (χ2n) is 5.94. The number of hydrogen-bond acceptors (Lipinski definition) is 5. The number of rotatable bonds is 6. The number of carbonyl (C=O) groups is 1. The first-order valence-electron chi connectivity index (χ1n) is 8.24. The van der Waals surface area contributed by atoms with Gasteiger partial charge in [-0.2, -0.15) is 5.26 Å². The maximum absolute atomic E-state index is 13.0. The Labute approximate surface area is 171 Å². The van der Waals surface area contributed by atoms with Crippen LogP contribution in [0.3, 0.4) is 0 Å². The van der Waals surface area contributed by atoms with Crippen LogP contribution in [0.15, 0.2) is 71.8 Å². The molecule has 3 aromatic rings. The number of nitrogens with one attached hydrogen (secondary N) is 1. The van der Waals surface area contributed by atoms with Crippen LogP contribution in [0.4, 0.5) is 10.1 Å². The maximum Gasteiger partial charge on any atom is 0.263 e. The highest BCUT2D eigenvalue weighted by atomic mass is 35.5. The second-order valence-corrected chi connectivity index (χ2v) is 8.00. The minimum Gasteiger partial charge on any atom is -0.292 e. The zero-order chi connectivity index (χ0) is 21.0. The monoisotopic (exact) mass is 429 g/mol. The van der Waals surface area contributed by atoms with Gasteiger partial charge < -0.3 is 0 Å². The first-order chi connectivity index (χ1) is 13.8. The van der Waals surface area contributed by atoms with Crippen molar-refractivity contribution in [2.75, 3.05) is 4.72 Å². The fraction of sp³-hybridized carbons (Fsp3) is 0.0500. The molecule has 0 saturated carbocycles. The van der Waals surface area contributed by atoms with Gasteiger partial charge in [-0.25, -0.2) is 12.8 Å². The van der Waals surface area contributed by atoms with Gasteiger partial charge in [-0.05, 0) is 54.6 Å². The van der Waals surface area contributed by atoms with Crippen LogP contribution in [0.25, 0.3) is 0 Å². The second kappa shape index (κ2) is 8.39. The molecular formula is C20H13ClFN3O3S. The highest BCUT2D eigenvalue weighted by Gasteiger charge is 2.26. The van der Waals surface area contributed by atoms with Crippen LogP contribution < -0.4 is 4.72 Å². The predicted molar refractivity (Wildman–Crippen MR) is 106 cm³/mol. The summed E-state index contributed by atoms with van der Waals surface area (Å²) in [4.78, 5) is 16.5. The van der Waals surface area contributed by atoms with Crippen molar-refractivity contribution in [1.82, 2.24) is 4.98 Å². The molecule has 9 heteroatoms. The summed E-state index contributed by atoms with van der Waals surface area (Å²) in [6, 6.07) is 15.1. The van der Waals surface area contributed by atoms with E-state index in [1.165, 1.54) is 36.5 Å². The zero-order valence-corrected chi connectivity index (χ0v) is 16.3. The molecule has 0 amide bonds. The third-order valence-corrected chi connectivity index (χ3v) is 5.84. The Morgan fingerprint density at radius 2 is 1.86 bits per heavy atom. The molecule has 0 fully saturated rings. The molecule has 3 rings (SSSR count). The van der Waals surface area contributed by atoms with Crippen LogP contribution in [0, 0.1) is 17.1 Å². The van der Waals surface area contributed by atoms with E-state index in [4.69, 9.17) is 11.6 Å². The molecule has 0 aliphatic heterocycles. The molecule has 0 radical (unpaired) electrons. The Morgan fingerprint density at radius 3 is 2.48 bits per heavy atom. The number of halogens is 2.